The lowest BCUT2D eigenvalue weighted by Gasteiger charge is -2.17. The third-order valence-electron chi connectivity index (χ3n) is 3.87. The number of fused-ring (bicyclic) bond motifs is 1. The minimum Gasteiger partial charge on any atom is -0.408 e. The standard InChI is InChI=1S/C14H19N3O2/c15-10-2-1-3-11(10)16-7-6-9-4-5-13-12(8-9)17-14(18)19-13/h4-5,8,10-11,16H,1-3,6-7,15H2,(H,17,18). The van der Waals surface area contributed by atoms with Crippen LogP contribution in [0, 0.1) is 0 Å². The molecule has 1 aromatic carbocycles. The summed E-state index contributed by atoms with van der Waals surface area (Å²) in [5.41, 5.74) is 8.58. The summed E-state index contributed by atoms with van der Waals surface area (Å²) in [5, 5.41) is 3.51. The lowest BCUT2D eigenvalue weighted by atomic mass is 10.1. The van der Waals surface area contributed by atoms with Crippen molar-refractivity contribution in [1.82, 2.24) is 10.3 Å². The first-order chi connectivity index (χ1) is 9.22. The molecule has 0 spiro atoms. The van der Waals surface area contributed by atoms with Crippen LogP contribution in [0.1, 0.15) is 24.8 Å². The molecule has 2 aromatic rings. The van der Waals surface area contributed by atoms with Crippen molar-refractivity contribution < 1.29 is 4.42 Å². The number of hydrogen-bond donors (Lipinski definition) is 3. The molecule has 0 saturated heterocycles. The molecule has 0 aliphatic heterocycles. The van der Waals surface area contributed by atoms with E-state index in [9.17, 15) is 4.79 Å². The highest BCUT2D eigenvalue weighted by Crippen LogP contribution is 2.17. The Kier molecular flexibility index (Phi) is 3.40. The van der Waals surface area contributed by atoms with E-state index in [-0.39, 0.29) is 0 Å². The molecule has 5 nitrogen and oxygen atoms in total. The second-order valence-corrected chi connectivity index (χ2v) is 5.25. The van der Waals surface area contributed by atoms with Crippen LogP contribution in [-0.2, 0) is 6.42 Å². The van der Waals surface area contributed by atoms with Crippen LogP contribution in [-0.4, -0.2) is 23.6 Å². The molecule has 4 N–H and O–H groups in total. The van der Waals surface area contributed by atoms with E-state index in [2.05, 4.69) is 10.3 Å². The van der Waals surface area contributed by atoms with Gasteiger partial charge in [-0.05, 0) is 43.5 Å². The summed E-state index contributed by atoms with van der Waals surface area (Å²) < 4.78 is 4.98. The second-order valence-electron chi connectivity index (χ2n) is 5.25. The third-order valence-corrected chi connectivity index (χ3v) is 3.87. The van der Waals surface area contributed by atoms with Gasteiger partial charge < -0.3 is 15.5 Å². The van der Waals surface area contributed by atoms with E-state index in [0.717, 1.165) is 24.9 Å². The molecule has 1 fully saturated rings. The van der Waals surface area contributed by atoms with Crippen LogP contribution in [0.25, 0.3) is 11.1 Å². The Morgan fingerprint density at radius 2 is 2.32 bits per heavy atom. The summed E-state index contributed by atoms with van der Waals surface area (Å²) in [6.45, 7) is 0.909. The maximum atomic E-state index is 11.1. The predicted octanol–water partition coefficient (Wildman–Crippen LogP) is 1.13. The van der Waals surface area contributed by atoms with Crippen LogP contribution >= 0.6 is 0 Å². The van der Waals surface area contributed by atoms with Crippen molar-refractivity contribution in [1.29, 1.82) is 0 Å². The van der Waals surface area contributed by atoms with Crippen LogP contribution in [0.4, 0.5) is 0 Å². The third kappa shape index (κ3) is 2.72. The molecular weight excluding hydrogens is 242 g/mol. The van der Waals surface area contributed by atoms with Crippen LogP contribution in [0.2, 0.25) is 0 Å². The van der Waals surface area contributed by atoms with Crippen molar-refractivity contribution in [2.45, 2.75) is 37.8 Å². The van der Waals surface area contributed by atoms with Crippen LogP contribution in [0.3, 0.4) is 0 Å². The van der Waals surface area contributed by atoms with Gasteiger partial charge in [0.15, 0.2) is 5.58 Å². The molecule has 0 amide bonds. The number of rotatable bonds is 4. The maximum absolute atomic E-state index is 11.1. The van der Waals surface area contributed by atoms with Gasteiger partial charge in [-0.1, -0.05) is 12.5 Å². The minimum absolute atomic E-state index is 0.299. The number of benzene rings is 1. The van der Waals surface area contributed by atoms with Crippen LogP contribution in [0.15, 0.2) is 27.4 Å². The van der Waals surface area contributed by atoms with E-state index in [0.29, 0.717) is 17.7 Å². The van der Waals surface area contributed by atoms with Crippen molar-refractivity contribution in [2.24, 2.45) is 5.73 Å². The average molecular weight is 261 g/mol. The maximum Gasteiger partial charge on any atom is 0.417 e. The molecule has 1 saturated carbocycles. The van der Waals surface area contributed by atoms with E-state index in [1.807, 2.05) is 18.2 Å². The number of oxazole rings is 1. The van der Waals surface area contributed by atoms with Gasteiger partial charge >= 0.3 is 5.76 Å². The summed E-state index contributed by atoms with van der Waals surface area (Å²) >= 11 is 0. The van der Waals surface area contributed by atoms with Gasteiger partial charge in [0.25, 0.3) is 0 Å². The topological polar surface area (TPSA) is 84.0 Å². The highest BCUT2D eigenvalue weighted by atomic mass is 16.4. The molecular formula is C14H19N3O2. The fourth-order valence-corrected chi connectivity index (χ4v) is 2.80. The van der Waals surface area contributed by atoms with Crippen LogP contribution in [0.5, 0.6) is 0 Å². The first-order valence-electron chi connectivity index (χ1n) is 6.83. The smallest absolute Gasteiger partial charge is 0.408 e. The molecule has 2 unspecified atom stereocenters. The largest absolute Gasteiger partial charge is 0.417 e. The average Bonchev–Trinajstić information content (AvgIpc) is 2.94. The Hall–Kier alpha value is -1.59. The van der Waals surface area contributed by atoms with E-state index in [1.165, 1.54) is 18.4 Å². The number of aromatic amines is 1. The summed E-state index contributed by atoms with van der Waals surface area (Å²) in [4.78, 5) is 13.8. The van der Waals surface area contributed by atoms with E-state index < -0.39 is 5.76 Å². The lowest BCUT2D eigenvalue weighted by Crippen LogP contribution is -2.41. The number of nitrogens with two attached hydrogens (primary N) is 1. The monoisotopic (exact) mass is 261 g/mol. The molecule has 0 radical (unpaired) electrons. The van der Waals surface area contributed by atoms with Crippen molar-refractivity contribution in [3.8, 4) is 0 Å². The van der Waals surface area contributed by atoms with Gasteiger partial charge in [0, 0.05) is 12.1 Å². The van der Waals surface area contributed by atoms with E-state index in [1.54, 1.807) is 0 Å². The molecule has 1 heterocycles. The zero-order valence-electron chi connectivity index (χ0n) is 10.8. The fourth-order valence-electron chi connectivity index (χ4n) is 2.80. The SMILES string of the molecule is NC1CCCC1NCCc1ccc2oc(=O)[nH]c2c1. The van der Waals surface area contributed by atoms with Crippen molar-refractivity contribution >= 4 is 11.1 Å². The Balaban J connectivity index is 1.60. The quantitative estimate of drug-likeness (QED) is 0.770. The molecule has 1 aliphatic rings. The Bertz CT molecular complexity index is 616. The van der Waals surface area contributed by atoms with Gasteiger partial charge in [0.1, 0.15) is 0 Å². The van der Waals surface area contributed by atoms with Gasteiger partial charge in [-0.3, -0.25) is 4.98 Å². The first kappa shape index (κ1) is 12.4. The number of aromatic nitrogens is 1. The number of hydrogen-bond acceptors (Lipinski definition) is 4. The Labute approximate surface area is 111 Å². The fraction of sp³-hybridized carbons (Fsp3) is 0.500. The zero-order valence-corrected chi connectivity index (χ0v) is 10.8. The van der Waals surface area contributed by atoms with Gasteiger partial charge in [-0.2, -0.15) is 0 Å². The zero-order chi connectivity index (χ0) is 13.2. The Morgan fingerprint density at radius 3 is 3.11 bits per heavy atom. The minimum atomic E-state index is -0.401. The summed E-state index contributed by atoms with van der Waals surface area (Å²) in [7, 11) is 0. The van der Waals surface area contributed by atoms with Gasteiger partial charge in [0.2, 0.25) is 0 Å². The van der Waals surface area contributed by atoms with Crippen molar-refractivity contribution in [2.75, 3.05) is 6.54 Å². The predicted molar refractivity (Wildman–Crippen MR) is 74.2 cm³/mol. The normalized spacial score (nSPS) is 23.2. The second kappa shape index (κ2) is 5.19. The summed E-state index contributed by atoms with van der Waals surface area (Å²) in [6, 6.07) is 6.56. The summed E-state index contributed by atoms with van der Waals surface area (Å²) in [5.74, 6) is -0.401. The van der Waals surface area contributed by atoms with Crippen LogP contribution < -0.4 is 16.8 Å². The number of H-pyrrole nitrogens is 1. The Morgan fingerprint density at radius 1 is 1.42 bits per heavy atom. The molecule has 0 bridgehead atoms. The molecule has 5 heteroatoms. The van der Waals surface area contributed by atoms with Gasteiger partial charge in [-0.25, -0.2) is 4.79 Å². The highest BCUT2D eigenvalue weighted by Gasteiger charge is 2.22. The lowest BCUT2D eigenvalue weighted by molar-refractivity contribution is 0.479. The molecule has 2 atom stereocenters. The molecule has 1 aromatic heterocycles. The molecule has 102 valence electrons. The van der Waals surface area contributed by atoms with E-state index in [4.69, 9.17) is 10.2 Å². The van der Waals surface area contributed by atoms with Gasteiger partial charge in [0.05, 0.1) is 5.52 Å². The van der Waals surface area contributed by atoms with Gasteiger partial charge in [-0.15, -0.1) is 0 Å². The molecule has 1 aliphatic carbocycles. The molecule has 3 rings (SSSR count). The summed E-state index contributed by atoms with van der Waals surface area (Å²) in [6.07, 6.45) is 4.45. The van der Waals surface area contributed by atoms with Crippen molar-refractivity contribution in [3.63, 3.8) is 0 Å². The van der Waals surface area contributed by atoms with E-state index >= 15 is 0 Å². The number of nitrogens with one attached hydrogen (secondary N) is 2. The van der Waals surface area contributed by atoms with Crippen molar-refractivity contribution in [3.05, 3.63) is 34.3 Å². The first-order valence-corrected chi connectivity index (χ1v) is 6.83. The molecule has 19 heavy (non-hydrogen) atoms. The highest BCUT2D eigenvalue weighted by molar-refractivity contribution is 5.72.